The Morgan fingerprint density at radius 1 is 1.25 bits per heavy atom. The summed E-state index contributed by atoms with van der Waals surface area (Å²) in [5, 5.41) is 11.8. The van der Waals surface area contributed by atoms with Gasteiger partial charge in [-0.05, 0) is 68.6 Å². The second kappa shape index (κ2) is 6.35. The number of nitrogens with zero attached hydrogens (tertiary/aromatic N) is 2. The van der Waals surface area contributed by atoms with E-state index in [9.17, 15) is 9.90 Å². The lowest BCUT2D eigenvalue weighted by molar-refractivity contribution is -0.178. The third kappa shape index (κ3) is 2.80. The molecule has 2 unspecified atom stereocenters. The predicted molar refractivity (Wildman–Crippen MR) is 111 cm³/mol. The highest BCUT2D eigenvalue weighted by atomic mass is 16.3. The lowest BCUT2D eigenvalue weighted by Crippen LogP contribution is -2.67. The molecule has 0 spiro atoms. The lowest BCUT2D eigenvalue weighted by Gasteiger charge is -2.58. The summed E-state index contributed by atoms with van der Waals surface area (Å²) in [6, 6.07) is 7.65. The van der Waals surface area contributed by atoms with E-state index < -0.39 is 5.60 Å². The van der Waals surface area contributed by atoms with Gasteiger partial charge >= 0.3 is 0 Å². The molecule has 1 aromatic carbocycles. The van der Waals surface area contributed by atoms with Gasteiger partial charge in [0.05, 0.1) is 5.60 Å². The normalized spacial score (nSPS) is 30.4. The summed E-state index contributed by atoms with van der Waals surface area (Å²) in [4.78, 5) is 15.4. The van der Waals surface area contributed by atoms with Crippen LogP contribution in [0.5, 0.6) is 0 Å². The Kier molecular flexibility index (Phi) is 4.13. The number of aliphatic hydroxyl groups is 1. The molecule has 4 heteroatoms. The number of hydrogen-bond acceptors (Lipinski definition) is 2. The fraction of sp³-hybridized carbons (Fsp3) is 0.625. The number of hydrogen-bond donors (Lipinski definition) is 1. The summed E-state index contributed by atoms with van der Waals surface area (Å²) in [7, 11) is 0. The molecule has 2 saturated carbocycles. The minimum absolute atomic E-state index is 0.201. The van der Waals surface area contributed by atoms with Crippen LogP contribution in [0.25, 0.3) is 10.9 Å². The van der Waals surface area contributed by atoms with E-state index in [2.05, 4.69) is 54.6 Å². The third-order valence-corrected chi connectivity index (χ3v) is 7.44. The maximum absolute atomic E-state index is 13.3. The number of aryl methyl sites for hydroxylation is 1. The minimum Gasteiger partial charge on any atom is -0.390 e. The number of benzene rings is 1. The molecule has 150 valence electrons. The maximum atomic E-state index is 13.3. The molecule has 2 bridgehead atoms. The summed E-state index contributed by atoms with van der Waals surface area (Å²) < 4.78 is 2.44. The van der Waals surface area contributed by atoms with Gasteiger partial charge in [-0.1, -0.05) is 26.0 Å². The van der Waals surface area contributed by atoms with Crippen molar-refractivity contribution in [2.75, 3.05) is 0 Å². The monoisotopic (exact) mass is 380 g/mol. The number of carbonyl (C=O) groups is 1. The molecule has 4 aliphatic rings. The molecule has 2 saturated heterocycles. The summed E-state index contributed by atoms with van der Waals surface area (Å²) in [5.41, 5.74) is 3.45. The second-order valence-electron chi connectivity index (χ2n) is 9.65. The van der Waals surface area contributed by atoms with Crippen LogP contribution in [0.1, 0.15) is 81.9 Å². The first-order valence-electron chi connectivity index (χ1n) is 11.0. The van der Waals surface area contributed by atoms with Crippen LogP contribution < -0.4 is 0 Å². The molecule has 3 heterocycles. The van der Waals surface area contributed by atoms with E-state index in [4.69, 9.17) is 0 Å². The molecule has 1 amide bonds. The zero-order valence-electron chi connectivity index (χ0n) is 17.3. The second-order valence-corrected chi connectivity index (χ2v) is 9.65. The summed E-state index contributed by atoms with van der Waals surface area (Å²) >= 11 is 0. The van der Waals surface area contributed by atoms with Crippen LogP contribution in [0, 0.1) is 6.92 Å². The van der Waals surface area contributed by atoms with Crippen molar-refractivity contribution in [2.24, 2.45) is 0 Å². The summed E-state index contributed by atoms with van der Waals surface area (Å²) in [6.07, 6.45) is 8.63. The topological polar surface area (TPSA) is 45.5 Å². The van der Waals surface area contributed by atoms with Gasteiger partial charge in [0.2, 0.25) is 5.91 Å². The first kappa shape index (κ1) is 18.2. The van der Waals surface area contributed by atoms with Gasteiger partial charge in [-0.3, -0.25) is 4.79 Å². The van der Waals surface area contributed by atoms with Crippen molar-refractivity contribution in [2.45, 2.75) is 95.4 Å². The van der Waals surface area contributed by atoms with E-state index in [1.54, 1.807) is 0 Å². The van der Waals surface area contributed by atoms with Crippen molar-refractivity contribution in [3.63, 3.8) is 0 Å². The number of carbonyl (C=O) groups excluding carboxylic acids is 1. The van der Waals surface area contributed by atoms with E-state index in [-0.39, 0.29) is 23.9 Å². The van der Waals surface area contributed by atoms with Gasteiger partial charge in [0.25, 0.3) is 0 Å². The Morgan fingerprint density at radius 2 is 2.00 bits per heavy atom. The predicted octanol–water partition coefficient (Wildman–Crippen LogP) is 4.68. The molecule has 28 heavy (non-hydrogen) atoms. The molecule has 0 radical (unpaired) electrons. The first-order chi connectivity index (χ1) is 13.4. The summed E-state index contributed by atoms with van der Waals surface area (Å²) in [6.45, 7) is 6.53. The largest absolute Gasteiger partial charge is 0.390 e. The average molecular weight is 381 g/mol. The van der Waals surface area contributed by atoms with Crippen molar-refractivity contribution in [1.29, 1.82) is 0 Å². The quantitative estimate of drug-likeness (QED) is 0.818. The van der Waals surface area contributed by atoms with Gasteiger partial charge < -0.3 is 14.6 Å². The van der Waals surface area contributed by atoms with Crippen LogP contribution in [0.3, 0.4) is 0 Å². The Morgan fingerprint density at radius 3 is 2.68 bits per heavy atom. The SMILES string of the molecule is CCC1CC2(O)CC(C2)N1C(=O)CC(C)c1cn(C2CC2)c2cccc(C)c12. The van der Waals surface area contributed by atoms with Crippen molar-refractivity contribution in [1.82, 2.24) is 9.47 Å². The fourth-order valence-corrected chi connectivity index (χ4v) is 5.80. The van der Waals surface area contributed by atoms with Crippen LogP contribution >= 0.6 is 0 Å². The highest BCUT2D eigenvalue weighted by Gasteiger charge is 2.54. The van der Waals surface area contributed by atoms with Crippen LogP contribution in [0.15, 0.2) is 24.4 Å². The van der Waals surface area contributed by atoms with Gasteiger partial charge in [0, 0.05) is 41.6 Å². The molecular weight excluding hydrogens is 348 g/mol. The van der Waals surface area contributed by atoms with Gasteiger partial charge in [0.15, 0.2) is 0 Å². The molecule has 2 atom stereocenters. The van der Waals surface area contributed by atoms with E-state index in [1.807, 2.05) is 0 Å². The zero-order valence-corrected chi connectivity index (χ0v) is 17.3. The summed E-state index contributed by atoms with van der Waals surface area (Å²) in [5.74, 6) is 0.474. The highest BCUT2D eigenvalue weighted by Crippen LogP contribution is 2.48. The third-order valence-electron chi connectivity index (χ3n) is 7.44. The zero-order chi connectivity index (χ0) is 19.6. The van der Waals surface area contributed by atoms with Crippen molar-refractivity contribution in [3.05, 3.63) is 35.5 Å². The molecule has 4 fully saturated rings. The number of rotatable bonds is 5. The van der Waals surface area contributed by atoms with E-state index in [1.165, 1.54) is 34.9 Å². The van der Waals surface area contributed by atoms with E-state index >= 15 is 0 Å². The standard InChI is InChI=1S/C24H32N2O2/c1-4-17-11-24(28)12-19(13-24)26(17)22(27)10-16(3)20-14-25(18-8-9-18)21-7-5-6-15(2)23(20)21/h5-7,14,16-19,28H,4,8-13H2,1-3H3. The van der Waals surface area contributed by atoms with Crippen molar-refractivity contribution >= 4 is 16.8 Å². The van der Waals surface area contributed by atoms with Gasteiger partial charge in [-0.2, -0.15) is 0 Å². The molecule has 2 aliphatic heterocycles. The number of aromatic nitrogens is 1. The van der Waals surface area contributed by atoms with E-state index in [0.29, 0.717) is 12.5 Å². The molecular formula is C24H32N2O2. The minimum atomic E-state index is -0.497. The molecule has 4 nitrogen and oxygen atoms in total. The Bertz CT molecular complexity index is 920. The van der Waals surface area contributed by atoms with Crippen LogP contribution in [0.2, 0.25) is 0 Å². The van der Waals surface area contributed by atoms with Gasteiger partial charge in [-0.25, -0.2) is 0 Å². The number of piperidine rings is 2. The first-order valence-corrected chi connectivity index (χ1v) is 11.0. The Labute approximate surface area is 167 Å². The molecule has 2 aliphatic carbocycles. The van der Waals surface area contributed by atoms with Gasteiger partial charge in [0.1, 0.15) is 0 Å². The van der Waals surface area contributed by atoms with Crippen molar-refractivity contribution < 1.29 is 9.90 Å². The van der Waals surface area contributed by atoms with Gasteiger partial charge in [-0.15, -0.1) is 0 Å². The highest BCUT2D eigenvalue weighted by molar-refractivity contribution is 5.89. The number of amides is 1. The molecule has 1 aromatic heterocycles. The Balaban J connectivity index is 1.41. The molecule has 2 aromatic rings. The smallest absolute Gasteiger partial charge is 0.223 e. The average Bonchev–Trinajstić information content (AvgIpc) is 3.40. The maximum Gasteiger partial charge on any atom is 0.223 e. The Hall–Kier alpha value is -1.81. The van der Waals surface area contributed by atoms with E-state index in [0.717, 1.165) is 25.7 Å². The molecule has 6 rings (SSSR count). The lowest BCUT2D eigenvalue weighted by atomic mass is 9.66. The molecule has 1 N–H and O–H groups in total. The van der Waals surface area contributed by atoms with Crippen LogP contribution in [-0.2, 0) is 4.79 Å². The fourth-order valence-electron chi connectivity index (χ4n) is 5.80. The van der Waals surface area contributed by atoms with Crippen LogP contribution in [-0.4, -0.2) is 38.2 Å². The number of fused-ring (bicyclic) bond motifs is 3. The van der Waals surface area contributed by atoms with Crippen molar-refractivity contribution in [3.8, 4) is 0 Å². The van der Waals surface area contributed by atoms with Crippen LogP contribution in [0.4, 0.5) is 0 Å².